The van der Waals surface area contributed by atoms with E-state index in [0.717, 1.165) is 16.9 Å². The van der Waals surface area contributed by atoms with E-state index in [-0.39, 0.29) is 5.91 Å². The summed E-state index contributed by atoms with van der Waals surface area (Å²) in [5.74, 6) is 7.32. The summed E-state index contributed by atoms with van der Waals surface area (Å²) in [7, 11) is 0. The van der Waals surface area contributed by atoms with Gasteiger partial charge >= 0.3 is 0 Å². The van der Waals surface area contributed by atoms with Gasteiger partial charge in [-0.1, -0.05) is 41.6 Å². The summed E-state index contributed by atoms with van der Waals surface area (Å²) in [6, 6.07) is 15.1. The molecule has 3 N–H and O–H groups in total. The summed E-state index contributed by atoms with van der Waals surface area (Å²) < 4.78 is 6.81. The fourth-order valence-electron chi connectivity index (χ4n) is 2.51. The molecule has 0 aliphatic rings. The van der Waals surface area contributed by atoms with Crippen molar-refractivity contribution in [2.45, 2.75) is 31.2 Å². The molecule has 0 aliphatic carbocycles. The van der Waals surface area contributed by atoms with Crippen LogP contribution < -0.4 is 15.9 Å². The fourth-order valence-corrected chi connectivity index (χ4v) is 3.28. The minimum atomic E-state index is -0.399. The first-order chi connectivity index (χ1) is 13.5. The van der Waals surface area contributed by atoms with Crippen LogP contribution in [0.1, 0.15) is 19.4 Å². The second-order valence-corrected chi connectivity index (χ2v) is 7.56. The third-order valence-electron chi connectivity index (χ3n) is 4.06. The molecule has 146 valence electrons. The molecule has 28 heavy (non-hydrogen) atoms. The second-order valence-electron chi connectivity index (χ2n) is 6.25. The molecule has 0 spiro atoms. The number of benzene rings is 2. The number of aryl methyl sites for hydroxylation is 1. The highest BCUT2D eigenvalue weighted by atomic mass is 32.2. The van der Waals surface area contributed by atoms with Crippen molar-refractivity contribution in [2.24, 2.45) is 0 Å². The molecule has 0 bridgehead atoms. The number of amides is 1. The van der Waals surface area contributed by atoms with E-state index in [4.69, 9.17) is 10.6 Å². The van der Waals surface area contributed by atoms with Gasteiger partial charge in [-0.3, -0.25) is 4.79 Å². The van der Waals surface area contributed by atoms with Crippen molar-refractivity contribution in [3.63, 3.8) is 0 Å². The Bertz CT molecular complexity index is 938. The van der Waals surface area contributed by atoms with E-state index in [9.17, 15) is 4.79 Å². The molecular weight excluding hydrogens is 374 g/mol. The van der Waals surface area contributed by atoms with Gasteiger partial charge in [0, 0.05) is 11.3 Å². The van der Waals surface area contributed by atoms with Crippen molar-refractivity contribution in [1.82, 2.24) is 14.9 Å². The third-order valence-corrected chi connectivity index (χ3v) is 5.12. The molecular formula is C20H23N5O2S. The minimum absolute atomic E-state index is 0.144. The molecule has 0 fully saturated rings. The number of carbonyl (C=O) groups is 1. The van der Waals surface area contributed by atoms with E-state index in [2.05, 4.69) is 15.5 Å². The normalized spacial score (nSPS) is 11.8. The van der Waals surface area contributed by atoms with E-state index >= 15 is 0 Å². The molecule has 0 saturated carbocycles. The monoisotopic (exact) mass is 397 g/mol. The van der Waals surface area contributed by atoms with Crippen molar-refractivity contribution in [1.29, 1.82) is 0 Å². The maximum atomic E-state index is 12.5. The standard InChI is InChI=1S/C20H23N5O2S/c1-4-27-17-11-9-16(10-12-17)22-19(26)14(3)28-20-24-23-18(25(20)21)15-7-5-13(2)6-8-15/h5-12,14H,4,21H2,1-3H3,(H,22,26)/t14-/m0/s1. The van der Waals surface area contributed by atoms with Crippen LogP contribution in [0.5, 0.6) is 5.75 Å². The Hall–Kier alpha value is -3.00. The number of nitrogen functional groups attached to an aromatic ring is 1. The van der Waals surface area contributed by atoms with Gasteiger partial charge in [0.1, 0.15) is 5.75 Å². The highest BCUT2D eigenvalue weighted by Gasteiger charge is 2.20. The first-order valence-electron chi connectivity index (χ1n) is 8.96. The van der Waals surface area contributed by atoms with Crippen molar-refractivity contribution < 1.29 is 9.53 Å². The first kappa shape index (κ1) is 19.8. The molecule has 2 aromatic carbocycles. The van der Waals surface area contributed by atoms with Crippen LogP contribution in [-0.2, 0) is 4.79 Å². The first-order valence-corrected chi connectivity index (χ1v) is 9.83. The van der Waals surface area contributed by atoms with E-state index in [0.29, 0.717) is 23.3 Å². The van der Waals surface area contributed by atoms with E-state index in [1.807, 2.05) is 50.2 Å². The summed E-state index contributed by atoms with van der Waals surface area (Å²) in [5, 5.41) is 11.3. The number of ether oxygens (including phenoxy) is 1. The molecule has 0 aliphatic heterocycles. The van der Waals surface area contributed by atoms with Gasteiger partial charge in [0.05, 0.1) is 11.9 Å². The zero-order valence-electron chi connectivity index (χ0n) is 16.0. The van der Waals surface area contributed by atoms with Crippen LogP contribution in [0.3, 0.4) is 0 Å². The number of carbonyl (C=O) groups excluding carboxylic acids is 1. The van der Waals surface area contributed by atoms with Gasteiger partial charge in [-0.05, 0) is 45.0 Å². The number of nitrogens with zero attached hydrogens (tertiary/aromatic N) is 3. The highest BCUT2D eigenvalue weighted by molar-refractivity contribution is 8.00. The van der Waals surface area contributed by atoms with Crippen LogP contribution >= 0.6 is 11.8 Å². The van der Waals surface area contributed by atoms with Crippen LogP contribution in [0, 0.1) is 6.92 Å². The maximum absolute atomic E-state index is 12.5. The van der Waals surface area contributed by atoms with Crippen LogP contribution in [0.15, 0.2) is 53.7 Å². The maximum Gasteiger partial charge on any atom is 0.237 e. The van der Waals surface area contributed by atoms with Gasteiger partial charge in [-0.2, -0.15) is 0 Å². The Kier molecular flexibility index (Phi) is 6.20. The van der Waals surface area contributed by atoms with Crippen LogP contribution in [0.25, 0.3) is 11.4 Å². The molecule has 1 heterocycles. The molecule has 3 rings (SSSR count). The Morgan fingerprint density at radius 3 is 2.50 bits per heavy atom. The Morgan fingerprint density at radius 2 is 1.86 bits per heavy atom. The lowest BCUT2D eigenvalue weighted by Crippen LogP contribution is -2.23. The number of aromatic nitrogens is 3. The van der Waals surface area contributed by atoms with Crippen LogP contribution in [0.4, 0.5) is 5.69 Å². The van der Waals surface area contributed by atoms with E-state index < -0.39 is 5.25 Å². The van der Waals surface area contributed by atoms with Gasteiger partial charge in [-0.25, -0.2) is 4.68 Å². The molecule has 1 atom stereocenters. The minimum Gasteiger partial charge on any atom is -0.494 e. The van der Waals surface area contributed by atoms with Crippen molar-refractivity contribution in [2.75, 3.05) is 17.8 Å². The van der Waals surface area contributed by atoms with Gasteiger partial charge in [-0.15, -0.1) is 10.2 Å². The zero-order valence-corrected chi connectivity index (χ0v) is 16.9. The number of nitrogens with one attached hydrogen (secondary N) is 1. The average molecular weight is 398 g/mol. The molecule has 0 unspecified atom stereocenters. The predicted octanol–water partition coefficient (Wildman–Crippen LogP) is 3.49. The lowest BCUT2D eigenvalue weighted by atomic mass is 10.1. The Balaban J connectivity index is 1.64. The highest BCUT2D eigenvalue weighted by Crippen LogP contribution is 2.26. The number of thioether (sulfide) groups is 1. The number of hydrogen-bond acceptors (Lipinski definition) is 6. The topological polar surface area (TPSA) is 95.1 Å². The van der Waals surface area contributed by atoms with Crippen molar-refractivity contribution >= 4 is 23.4 Å². The molecule has 1 amide bonds. The summed E-state index contributed by atoms with van der Waals surface area (Å²) in [4.78, 5) is 12.5. The van der Waals surface area contributed by atoms with Crippen LogP contribution in [-0.4, -0.2) is 32.6 Å². The number of rotatable bonds is 7. The summed E-state index contributed by atoms with van der Waals surface area (Å²) in [5.41, 5.74) is 2.73. The molecule has 7 nitrogen and oxygen atoms in total. The Morgan fingerprint density at radius 1 is 1.18 bits per heavy atom. The van der Waals surface area contributed by atoms with Crippen LogP contribution in [0.2, 0.25) is 0 Å². The van der Waals surface area contributed by atoms with Gasteiger partial charge < -0.3 is 15.9 Å². The number of hydrogen-bond donors (Lipinski definition) is 2. The molecule has 3 aromatic rings. The van der Waals surface area contributed by atoms with E-state index in [1.54, 1.807) is 19.1 Å². The zero-order chi connectivity index (χ0) is 20.1. The lowest BCUT2D eigenvalue weighted by Gasteiger charge is -2.12. The predicted molar refractivity (Wildman–Crippen MR) is 112 cm³/mol. The molecule has 0 saturated heterocycles. The summed E-state index contributed by atoms with van der Waals surface area (Å²) in [6.45, 7) is 6.34. The summed E-state index contributed by atoms with van der Waals surface area (Å²) >= 11 is 1.26. The van der Waals surface area contributed by atoms with E-state index in [1.165, 1.54) is 16.4 Å². The Labute approximate surface area is 168 Å². The molecule has 1 aromatic heterocycles. The summed E-state index contributed by atoms with van der Waals surface area (Å²) in [6.07, 6.45) is 0. The second kappa shape index (κ2) is 8.79. The third kappa shape index (κ3) is 4.64. The number of nitrogens with two attached hydrogens (primary N) is 1. The SMILES string of the molecule is CCOc1ccc(NC(=O)[C@H](C)Sc2nnc(-c3ccc(C)cc3)n2N)cc1. The largest absolute Gasteiger partial charge is 0.494 e. The smallest absolute Gasteiger partial charge is 0.237 e. The average Bonchev–Trinajstić information content (AvgIpc) is 3.04. The van der Waals surface area contributed by atoms with Crippen molar-refractivity contribution in [3.8, 4) is 17.1 Å². The van der Waals surface area contributed by atoms with Crippen molar-refractivity contribution in [3.05, 3.63) is 54.1 Å². The van der Waals surface area contributed by atoms with Gasteiger partial charge in [0.25, 0.3) is 0 Å². The lowest BCUT2D eigenvalue weighted by molar-refractivity contribution is -0.115. The quantitative estimate of drug-likeness (QED) is 0.468. The fraction of sp³-hybridized carbons (Fsp3) is 0.250. The number of anilines is 1. The molecule has 8 heteroatoms. The molecule has 0 radical (unpaired) electrons. The van der Waals surface area contributed by atoms with Gasteiger partial charge in [0.15, 0.2) is 5.82 Å². The van der Waals surface area contributed by atoms with Gasteiger partial charge in [0.2, 0.25) is 11.1 Å².